The highest BCUT2D eigenvalue weighted by Crippen LogP contribution is 2.05. The number of morpholine rings is 1. The highest BCUT2D eigenvalue weighted by molar-refractivity contribution is 5.97. The van der Waals surface area contributed by atoms with E-state index in [9.17, 15) is 4.79 Å². The van der Waals surface area contributed by atoms with Crippen molar-refractivity contribution in [2.45, 2.75) is 0 Å². The van der Waals surface area contributed by atoms with E-state index in [2.05, 4.69) is 0 Å². The maximum atomic E-state index is 11.9. The Hall–Kier alpha value is -1.39. The summed E-state index contributed by atoms with van der Waals surface area (Å²) in [5.74, 6) is 0.178. The highest BCUT2D eigenvalue weighted by atomic mass is 16.5. The standard InChI is InChI=1S/C12H16N2O2/c13-11-3-1-10(2-4-11)12(15)9-14-5-7-16-8-6-14/h1-4H,5-9,13H2/p+1. The van der Waals surface area contributed by atoms with Crippen LogP contribution in [0.4, 0.5) is 5.69 Å². The Morgan fingerprint density at radius 3 is 2.50 bits per heavy atom. The Balaban J connectivity index is 1.94. The van der Waals surface area contributed by atoms with E-state index in [1.165, 1.54) is 4.90 Å². The first-order valence-electron chi connectivity index (χ1n) is 5.56. The molecule has 4 nitrogen and oxygen atoms in total. The molecule has 0 spiro atoms. The Labute approximate surface area is 95.0 Å². The molecule has 0 amide bonds. The summed E-state index contributed by atoms with van der Waals surface area (Å²) in [6, 6.07) is 7.11. The van der Waals surface area contributed by atoms with E-state index in [1.54, 1.807) is 24.3 Å². The normalized spacial score (nSPS) is 17.2. The fourth-order valence-corrected chi connectivity index (χ4v) is 1.83. The molecule has 3 N–H and O–H groups in total. The molecule has 1 heterocycles. The van der Waals surface area contributed by atoms with Gasteiger partial charge in [0.15, 0.2) is 0 Å². The minimum Gasteiger partial charge on any atom is -0.399 e. The monoisotopic (exact) mass is 221 g/mol. The van der Waals surface area contributed by atoms with Crippen molar-refractivity contribution in [2.24, 2.45) is 0 Å². The van der Waals surface area contributed by atoms with Crippen LogP contribution in [0.2, 0.25) is 0 Å². The quantitative estimate of drug-likeness (QED) is 0.527. The number of ether oxygens (including phenoxy) is 1. The SMILES string of the molecule is Nc1ccc(C(=O)C[NH+]2CCOCC2)cc1. The number of nitrogens with one attached hydrogen (secondary N) is 1. The molecule has 1 aliphatic heterocycles. The maximum Gasteiger partial charge on any atom is 0.216 e. The van der Waals surface area contributed by atoms with Crippen LogP contribution in [0.3, 0.4) is 0 Å². The number of hydrogen-bond donors (Lipinski definition) is 2. The van der Waals surface area contributed by atoms with E-state index in [1.807, 2.05) is 0 Å². The van der Waals surface area contributed by atoms with E-state index in [0.717, 1.165) is 31.9 Å². The summed E-state index contributed by atoms with van der Waals surface area (Å²) >= 11 is 0. The molecule has 2 rings (SSSR count). The van der Waals surface area contributed by atoms with Crippen LogP contribution in [0.15, 0.2) is 24.3 Å². The molecule has 4 heteroatoms. The molecule has 0 saturated carbocycles. The third kappa shape index (κ3) is 2.81. The van der Waals surface area contributed by atoms with Gasteiger partial charge >= 0.3 is 0 Å². The molecule has 1 aromatic carbocycles. The van der Waals surface area contributed by atoms with E-state index in [0.29, 0.717) is 12.2 Å². The molecule has 86 valence electrons. The molecule has 0 bridgehead atoms. The van der Waals surface area contributed by atoms with Crippen molar-refractivity contribution in [2.75, 3.05) is 38.6 Å². The smallest absolute Gasteiger partial charge is 0.216 e. The van der Waals surface area contributed by atoms with Gasteiger partial charge in [-0.2, -0.15) is 0 Å². The average Bonchev–Trinajstić information content (AvgIpc) is 2.31. The summed E-state index contributed by atoms with van der Waals surface area (Å²) in [5.41, 5.74) is 7.01. The van der Waals surface area contributed by atoms with Gasteiger partial charge in [0.1, 0.15) is 19.6 Å². The number of nitrogens with two attached hydrogens (primary N) is 1. The van der Waals surface area contributed by atoms with E-state index in [-0.39, 0.29) is 5.78 Å². The van der Waals surface area contributed by atoms with E-state index < -0.39 is 0 Å². The van der Waals surface area contributed by atoms with Crippen molar-refractivity contribution in [1.29, 1.82) is 0 Å². The number of ketones is 1. The first-order chi connectivity index (χ1) is 7.75. The fraction of sp³-hybridized carbons (Fsp3) is 0.417. The third-order valence-electron chi connectivity index (χ3n) is 2.84. The molecule has 1 aliphatic rings. The maximum absolute atomic E-state index is 11.9. The lowest BCUT2D eigenvalue weighted by atomic mass is 10.1. The van der Waals surface area contributed by atoms with E-state index in [4.69, 9.17) is 10.5 Å². The Kier molecular flexibility index (Phi) is 3.54. The molecule has 16 heavy (non-hydrogen) atoms. The van der Waals surface area contributed by atoms with Gasteiger partial charge in [-0.3, -0.25) is 4.79 Å². The van der Waals surface area contributed by atoms with Crippen LogP contribution in [-0.2, 0) is 4.74 Å². The number of nitrogen functional groups attached to an aromatic ring is 1. The second kappa shape index (κ2) is 5.09. The Bertz CT molecular complexity index is 356. The number of Topliss-reactive ketones (excluding diaryl/α,β-unsaturated/α-hetero) is 1. The van der Waals surface area contributed by atoms with Gasteiger partial charge in [0.2, 0.25) is 5.78 Å². The van der Waals surface area contributed by atoms with Gasteiger partial charge in [-0.25, -0.2) is 0 Å². The summed E-state index contributed by atoms with van der Waals surface area (Å²) < 4.78 is 5.25. The average molecular weight is 221 g/mol. The largest absolute Gasteiger partial charge is 0.399 e. The molecule has 1 fully saturated rings. The molecule has 1 saturated heterocycles. The van der Waals surface area contributed by atoms with Crippen molar-refractivity contribution in [1.82, 2.24) is 0 Å². The molecule has 0 aliphatic carbocycles. The van der Waals surface area contributed by atoms with Crippen LogP contribution in [0.1, 0.15) is 10.4 Å². The minimum absolute atomic E-state index is 0.178. The summed E-state index contributed by atoms with van der Waals surface area (Å²) in [6.07, 6.45) is 0. The summed E-state index contributed by atoms with van der Waals surface area (Å²) in [5, 5.41) is 0. The van der Waals surface area contributed by atoms with Crippen LogP contribution in [0.5, 0.6) is 0 Å². The minimum atomic E-state index is 0.178. The first kappa shape index (κ1) is 11.1. The molecule has 0 aromatic heterocycles. The van der Waals surface area contributed by atoms with Crippen molar-refractivity contribution in [3.05, 3.63) is 29.8 Å². The van der Waals surface area contributed by atoms with E-state index >= 15 is 0 Å². The third-order valence-corrected chi connectivity index (χ3v) is 2.84. The summed E-state index contributed by atoms with van der Waals surface area (Å²) in [6.45, 7) is 3.89. The van der Waals surface area contributed by atoms with Crippen LogP contribution >= 0.6 is 0 Å². The van der Waals surface area contributed by atoms with Gasteiger partial charge in [0.25, 0.3) is 0 Å². The zero-order chi connectivity index (χ0) is 11.4. The first-order valence-corrected chi connectivity index (χ1v) is 5.56. The van der Waals surface area contributed by atoms with Crippen LogP contribution < -0.4 is 10.6 Å². The lowest BCUT2D eigenvalue weighted by Gasteiger charge is -2.22. The zero-order valence-corrected chi connectivity index (χ0v) is 9.24. The van der Waals surface area contributed by atoms with Gasteiger partial charge in [-0.15, -0.1) is 0 Å². The topological polar surface area (TPSA) is 56.8 Å². The van der Waals surface area contributed by atoms with Crippen LogP contribution in [-0.4, -0.2) is 38.6 Å². The Morgan fingerprint density at radius 1 is 1.25 bits per heavy atom. The lowest BCUT2D eigenvalue weighted by Crippen LogP contribution is -3.14. The van der Waals surface area contributed by atoms with Crippen LogP contribution in [0.25, 0.3) is 0 Å². The van der Waals surface area contributed by atoms with Gasteiger partial charge in [0.05, 0.1) is 13.2 Å². The highest BCUT2D eigenvalue weighted by Gasteiger charge is 2.18. The van der Waals surface area contributed by atoms with Crippen molar-refractivity contribution < 1.29 is 14.4 Å². The Morgan fingerprint density at radius 2 is 1.88 bits per heavy atom. The summed E-state index contributed by atoms with van der Waals surface area (Å²) in [4.78, 5) is 13.2. The number of anilines is 1. The second-order valence-corrected chi connectivity index (χ2v) is 4.08. The van der Waals surface area contributed by atoms with Crippen molar-refractivity contribution in [3.63, 3.8) is 0 Å². The van der Waals surface area contributed by atoms with Gasteiger partial charge < -0.3 is 15.4 Å². The fourth-order valence-electron chi connectivity index (χ4n) is 1.83. The molecule has 1 aromatic rings. The number of rotatable bonds is 3. The molecule has 0 radical (unpaired) electrons. The summed E-state index contributed by atoms with van der Waals surface area (Å²) in [7, 11) is 0. The predicted octanol–water partition coefficient (Wildman–Crippen LogP) is -0.633. The van der Waals surface area contributed by atoms with Gasteiger partial charge in [-0.05, 0) is 24.3 Å². The van der Waals surface area contributed by atoms with Gasteiger partial charge in [-0.1, -0.05) is 0 Å². The molecular weight excluding hydrogens is 204 g/mol. The van der Waals surface area contributed by atoms with Gasteiger partial charge in [0, 0.05) is 11.3 Å². The number of carbonyl (C=O) groups excluding carboxylic acids is 1. The zero-order valence-electron chi connectivity index (χ0n) is 9.24. The number of quaternary nitrogens is 1. The predicted molar refractivity (Wildman–Crippen MR) is 61.6 cm³/mol. The number of carbonyl (C=O) groups is 1. The van der Waals surface area contributed by atoms with Crippen molar-refractivity contribution in [3.8, 4) is 0 Å². The number of benzene rings is 1. The second-order valence-electron chi connectivity index (χ2n) is 4.08. The lowest BCUT2D eigenvalue weighted by molar-refractivity contribution is -0.899. The van der Waals surface area contributed by atoms with Crippen LogP contribution in [0, 0.1) is 0 Å². The van der Waals surface area contributed by atoms with Crippen molar-refractivity contribution >= 4 is 11.5 Å². The number of hydrogen-bond acceptors (Lipinski definition) is 3. The molecular formula is C12H17N2O2+. The molecule has 0 unspecified atom stereocenters. The molecule has 0 atom stereocenters.